The van der Waals surface area contributed by atoms with Crippen LogP contribution in [0.3, 0.4) is 0 Å². The second kappa shape index (κ2) is 6.08. The lowest BCUT2D eigenvalue weighted by molar-refractivity contribution is -0.142. The van der Waals surface area contributed by atoms with Gasteiger partial charge in [-0.2, -0.15) is 5.10 Å². The van der Waals surface area contributed by atoms with E-state index in [9.17, 15) is 9.59 Å². The summed E-state index contributed by atoms with van der Waals surface area (Å²) in [6.07, 6.45) is 7.52. The highest BCUT2D eigenvalue weighted by Gasteiger charge is 2.50. The van der Waals surface area contributed by atoms with Gasteiger partial charge in [-0.3, -0.25) is 14.3 Å². The van der Waals surface area contributed by atoms with Crippen molar-refractivity contribution in [3.63, 3.8) is 0 Å². The van der Waals surface area contributed by atoms with Gasteiger partial charge in [-0.05, 0) is 12.5 Å². The van der Waals surface area contributed by atoms with Crippen molar-refractivity contribution in [2.75, 3.05) is 36.0 Å². The van der Waals surface area contributed by atoms with E-state index in [1.165, 1.54) is 13.3 Å². The van der Waals surface area contributed by atoms with Crippen molar-refractivity contribution >= 4 is 23.3 Å². The molecule has 0 aromatic carbocycles. The summed E-state index contributed by atoms with van der Waals surface area (Å²) >= 11 is 0. The maximum atomic E-state index is 12.7. The number of rotatable bonds is 2. The quantitative estimate of drug-likeness (QED) is 0.757. The van der Waals surface area contributed by atoms with Crippen LogP contribution in [0.1, 0.15) is 13.3 Å². The topological polar surface area (TPSA) is 87.5 Å². The van der Waals surface area contributed by atoms with E-state index in [4.69, 9.17) is 0 Å². The molecule has 4 rings (SSSR count). The fraction of sp³-hybridized carbons (Fsp3) is 0.471. The lowest BCUT2D eigenvalue weighted by Gasteiger charge is -2.47. The summed E-state index contributed by atoms with van der Waals surface area (Å²) in [7, 11) is 1.82. The number of anilines is 2. The Labute approximate surface area is 151 Å². The number of nitrogens with zero attached hydrogens (tertiary/aromatic N) is 7. The van der Waals surface area contributed by atoms with Gasteiger partial charge in [-0.1, -0.05) is 0 Å². The second-order valence-electron chi connectivity index (χ2n) is 6.92. The summed E-state index contributed by atoms with van der Waals surface area (Å²) in [5.74, 6) is 0.679. The van der Waals surface area contributed by atoms with Crippen LogP contribution in [0.2, 0.25) is 0 Å². The van der Waals surface area contributed by atoms with Crippen LogP contribution in [-0.2, 0) is 16.6 Å². The third-order valence-electron chi connectivity index (χ3n) is 5.23. The number of carbonyl (C=O) groups is 2. The molecule has 2 fully saturated rings. The first-order chi connectivity index (χ1) is 12.5. The molecule has 2 aliphatic heterocycles. The Morgan fingerprint density at radius 2 is 2.15 bits per heavy atom. The zero-order chi connectivity index (χ0) is 18.3. The lowest BCUT2D eigenvalue weighted by Crippen LogP contribution is -2.66. The van der Waals surface area contributed by atoms with Crippen molar-refractivity contribution in [3.05, 3.63) is 31.0 Å². The van der Waals surface area contributed by atoms with Crippen molar-refractivity contribution in [2.45, 2.75) is 18.9 Å². The zero-order valence-electron chi connectivity index (χ0n) is 14.9. The van der Waals surface area contributed by atoms with Crippen molar-refractivity contribution < 1.29 is 9.59 Å². The van der Waals surface area contributed by atoms with E-state index in [0.29, 0.717) is 13.1 Å². The highest BCUT2D eigenvalue weighted by molar-refractivity contribution is 5.98. The predicted molar refractivity (Wildman–Crippen MR) is 94.5 cm³/mol. The van der Waals surface area contributed by atoms with Gasteiger partial charge in [0.25, 0.3) is 0 Å². The smallest absolute Gasteiger partial charge is 0.246 e. The Hall–Kier alpha value is -2.97. The van der Waals surface area contributed by atoms with Crippen LogP contribution in [0.25, 0.3) is 0 Å². The molecule has 1 atom stereocenters. The Bertz CT molecular complexity index is 837. The van der Waals surface area contributed by atoms with Gasteiger partial charge in [0, 0.05) is 39.5 Å². The van der Waals surface area contributed by atoms with Gasteiger partial charge in [-0.25, -0.2) is 9.97 Å². The minimum atomic E-state index is -0.430. The van der Waals surface area contributed by atoms with E-state index in [-0.39, 0.29) is 18.4 Å². The zero-order valence-corrected chi connectivity index (χ0v) is 14.9. The molecule has 2 amide bonds. The average molecular weight is 355 g/mol. The number of carbonyl (C=O) groups excluding carboxylic acids is 2. The molecule has 0 bridgehead atoms. The maximum absolute atomic E-state index is 12.7. The third-order valence-corrected chi connectivity index (χ3v) is 5.23. The van der Waals surface area contributed by atoms with E-state index in [1.807, 2.05) is 19.3 Å². The number of aryl methyl sites for hydroxylation is 1. The summed E-state index contributed by atoms with van der Waals surface area (Å²) < 4.78 is 1.68. The molecule has 0 aliphatic carbocycles. The van der Waals surface area contributed by atoms with Crippen LogP contribution >= 0.6 is 0 Å². The largest absolute Gasteiger partial charge is 0.354 e. The second-order valence-corrected chi connectivity index (χ2v) is 6.92. The molecule has 2 saturated heterocycles. The summed E-state index contributed by atoms with van der Waals surface area (Å²) in [5, 5.41) is 4.17. The molecule has 0 N–H and O–H groups in total. The fourth-order valence-electron chi connectivity index (χ4n) is 3.96. The van der Waals surface area contributed by atoms with Gasteiger partial charge in [0.15, 0.2) is 0 Å². The van der Waals surface area contributed by atoms with Crippen LogP contribution in [0.15, 0.2) is 31.0 Å². The Morgan fingerprint density at radius 3 is 2.81 bits per heavy atom. The van der Waals surface area contributed by atoms with Gasteiger partial charge in [0.1, 0.15) is 18.7 Å². The van der Waals surface area contributed by atoms with E-state index in [0.717, 1.165) is 24.5 Å². The van der Waals surface area contributed by atoms with Gasteiger partial charge in [0.2, 0.25) is 11.8 Å². The molecule has 9 heteroatoms. The maximum Gasteiger partial charge on any atom is 0.246 e. The molecule has 0 radical (unpaired) electrons. The van der Waals surface area contributed by atoms with Gasteiger partial charge >= 0.3 is 0 Å². The molecule has 9 nitrogen and oxygen atoms in total. The van der Waals surface area contributed by atoms with E-state index in [2.05, 4.69) is 20.0 Å². The first-order valence-electron chi connectivity index (χ1n) is 8.57. The molecular formula is C17H21N7O2. The molecule has 4 heterocycles. The number of piperazine rings is 1. The summed E-state index contributed by atoms with van der Waals surface area (Å²) in [6, 6.07) is 1.87. The van der Waals surface area contributed by atoms with Crippen LogP contribution in [0.4, 0.5) is 11.5 Å². The standard InChI is InChI=1S/C17H21N7O2/c1-13(25)24-9-16(26)23(14-7-20-21(2)8-14)11-17(24)4-6-22(10-17)15-3-5-18-12-19-15/h3,5,7-8,12H,4,6,9-11H2,1-2H3/t17-/m1/s1. The summed E-state index contributed by atoms with van der Waals surface area (Å²) in [5.41, 5.74) is 0.334. The Morgan fingerprint density at radius 1 is 1.31 bits per heavy atom. The molecular weight excluding hydrogens is 334 g/mol. The number of aromatic nitrogens is 4. The molecule has 1 spiro atoms. The number of hydrogen-bond donors (Lipinski definition) is 0. The number of hydrogen-bond acceptors (Lipinski definition) is 6. The van der Waals surface area contributed by atoms with Crippen molar-refractivity contribution in [1.82, 2.24) is 24.6 Å². The van der Waals surface area contributed by atoms with Crippen LogP contribution in [0, 0.1) is 0 Å². The van der Waals surface area contributed by atoms with Gasteiger partial charge in [0.05, 0.1) is 24.0 Å². The highest BCUT2D eigenvalue weighted by atomic mass is 16.2. The molecule has 26 heavy (non-hydrogen) atoms. The minimum Gasteiger partial charge on any atom is -0.354 e. The normalized spacial score (nSPS) is 23.2. The molecule has 0 unspecified atom stereocenters. The Balaban J connectivity index is 1.65. The molecule has 136 valence electrons. The third kappa shape index (κ3) is 2.69. The monoisotopic (exact) mass is 355 g/mol. The van der Waals surface area contributed by atoms with Crippen molar-refractivity contribution in [3.8, 4) is 0 Å². The van der Waals surface area contributed by atoms with Gasteiger partial charge < -0.3 is 14.7 Å². The van der Waals surface area contributed by atoms with Crippen molar-refractivity contribution in [1.29, 1.82) is 0 Å². The average Bonchev–Trinajstić information content (AvgIpc) is 3.25. The lowest BCUT2D eigenvalue weighted by atomic mass is 9.92. The van der Waals surface area contributed by atoms with E-state index >= 15 is 0 Å². The molecule has 0 saturated carbocycles. The summed E-state index contributed by atoms with van der Waals surface area (Å²) in [4.78, 5) is 38.9. The predicted octanol–water partition coefficient (Wildman–Crippen LogP) is 0.0543. The van der Waals surface area contributed by atoms with Gasteiger partial charge in [-0.15, -0.1) is 0 Å². The van der Waals surface area contributed by atoms with Crippen LogP contribution in [-0.4, -0.2) is 68.2 Å². The Kier molecular flexibility index (Phi) is 3.86. The minimum absolute atomic E-state index is 0.0753. The van der Waals surface area contributed by atoms with E-state index < -0.39 is 5.54 Å². The summed E-state index contributed by atoms with van der Waals surface area (Å²) in [6.45, 7) is 3.48. The molecule has 2 aromatic heterocycles. The van der Waals surface area contributed by atoms with Crippen molar-refractivity contribution in [2.24, 2.45) is 7.05 Å². The number of amides is 2. The molecule has 2 aromatic rings. The SMILES string of the molecule is CC(=O)N1CC(=O)N(c2cnn(C)c2)C[C@]12CCN(c1ccncn1)C2. The first kappa shape index (κ1) is 16.5. The first-order valence-corrected chi connectivity index (χ1v) is 8.57. The molecule has 2 aliphatic rings. The van der Waals surface area contributed by atoms with E-state index in [1.54, 1.807) is 26.9 Å². The van der Waals surface area contributed by atoms with Crippen LogP contribution in [0.5, 0.6) is 0 Å². The highest BCUT2D eigenvalue weighted by Crippen LogP contribution is 2.35. The fourth-order valence-corrected chi connectivity index (χ4v) is 3.96. The van der Waals surface area contributed by atoms with Crippen LogP contribution < -0.4 is 9.80 Å².